The predicted octanol–water partition coefficient (Wildman–Crippen LogP) is -1.09. The summed E-state index contributed by atoms with van der Waals surface area (Å²) in [4.78, 5) is 43.2. The Morgan fingerprint density at radius 2 is 1.22 bits per heavy atom. The van der Waals surface area contributed by atoms with E-state index in [1.807, 2.05) is 0 Å². The maximum absolute atomic E-state index is 11.5. The van der Waals surface area contributed by atoms with Crippen molar-refractivity contribution in [2.75, 3.05) is 27.4 Å². The van der Waals surface area contributed by atoms with Crippen molar-refractivity contribution in [1.29, 1.82) is 0 Å². The van der Waals surface area contributed by atoms with Crippen molar-refractivity contribution in [3.05, 3.63) is 0 Å². The molecule has 0 heterocycles. The van der Waals surface area contributed by atoms with Crippen molar-refractivity contribution >= 4 is 24.9 Å². The van der Waals surface area contributed by atoms with E-state index in [9.17, 15) is 19.2 Å². The minimum absolute atomic E-state index is 0.130. The van der Waals surface area contributed by atoms with Gasteiger partial charge in [-0.25, -0.2) is 0 Å². The van der Waals surface area contributed by atoms with Crippen LogP contribution in [-0.2, 0) is 38.1 Å². The van der Waals surface area contributed by atoms with E-state index in [1.165, 1.54) is 0 Å². The molecular weight excluding hydrogens is 248 g/mol. The summed E-state index contributed by atoms with van der Waals surface area (Å²) in [6, 6.07) is 0. The Labute approximate surface area is 103 Å². The summed E-state index contributed by atoms with van der Waals surface area (Å²) in [5.74, 6) is -3.76. The first-order chi connectivity index (χ1) is 8.62. The lowest BCUT2D eigenvalue weighted by atomic mass is 9.93. The lowest BCUT2D eigenvalue weighted by molar-refractivity contribution is -0.164. The third-order valence-corrected chi connectivity index (χ3v) is 2.18. The molecular formula is C10H14O8. The molecule has 0 saturated carbocycles. The molecule has 0 aromatic rings. The zero-order valence-corrected chi connectivity index (χ0v) is 9.99. The quantitative estimate of drug-likeness (QED) is 0.293. The molecule has 0 spiro atoms. The molecule has 0 aromatic heterocycles. The van der Waals surface area contributed by atoms with Gasteiger partial charge in [0.2, 0.25) is 0 Å². The second kappa shape index (κ2) is 8.97. The van der Waals surface area contributed by atoms with Crippen LogP contribution in [0, 0.1) is 11.8 Å². The van der Waals surface area contributed by atoms with Crippen molar-refractivity contribution in [1.82, 2.24) is 0 Å². The fourth-order valence-electron chi connectivity index (χ4n) is 1.29. The topological polar surface area (TPSA) is 105 Å². The van der Waals surface area contributed by atoms with Gasteiger partial charge in [-0.3, -0.25) is 19.2 Å². The van der Waals surface area contributed by atoms with Gasteiger partial charge in [-0.1, -0.05) is 0 Å². The predicted molar refractivity (Wildman–Crippen MR) is 55.0 cm³/mol. The Bertz CT molecular complexity index is 270. The highest BCUT2D eigenvalue weighted by Gasteiger charge is 2.36. The highest BCUT2D eigenvalue weighted by Crippen LogP contribution is 2.17. The molecule has 0 N–H and O–H groups in total. The van der Waals surface area contributed by atoms with Gasteiger partial charge in [0.15, 0.2) is 0 Å². The number of carbonyl (C=O) groups is 4. The molecule has 0 amide bonds. The van der Waals surface area contributed by atoms with E-state index in [-0.39, 0.29) is 26.2 Å². The van der Waals surface area contributed by atoms with Gasteiger partial charge >= 0.3 is 11.9 Å². The second-order valence-corrected chi connectivity index (χ2v) is 3.12. The fraction of sp³-hybridized carbons (Fsp3) is 0.600. The van der Waals surface area contributed by atoms with Crippen LogP contribution in [0.3, 0.4) is 0 Å². The number of hydrogen-bond acceptors (Lipinski definition) is 8. The summed E-state index contributed by atoms with van der Waals surface area (Å²) in [5, 5.41) is 0. The lowest BCUT2D eigenvalue weighted by Crippen LogP contribution is -2.37. The van der Waals surface area contributed by atoms with E-state index < -0.39 is 23.8 Å². The summed E-state index contributed by atoms with van der Waals surface area (Å²) in [6.07, 6.45) is 0. The average Bonchev–Trinajstić information content (AvgIpc) is 2.40. The molecule has 2 atom stereocenters. The molecule has 18 heavy (non-hydrogen) atoms. The van der Waals surface area contributed by atoms with Crippen LogP contribution < -0.4 is 0 Å². The second-order valence-electron chi connectivity index (χ2n) is 3.12. The Morgan fingerprint density at radius 3 is 1.44 bits per heavy atom. The molecule has 0 saturated heterocycles. The molecule has 102 valence electrons. The molecule has 8 nitrogen and oxygen atoms in total. The number of methoxy groups -OCH3 is 2. The summed E-state index contributed by atoms with van der Waals surface area (Å²) in [5.41, 5.74) is 0. The van der Waals surface area contributed by atoms with E-state index in [2.05, 4.69) is 18.9 Å². The molecule has 0 unspecified atom stereocenters. The third kappa shape index (κ3) is 4.81. The van der Waals surface area contributed by atoms with Crippen LogP contribution in [0.2, 0.25) is 0 Å². The Kier molecular flexibility index (Phi) is 7.91. The summed E-state index contributed by atoms with van der Waals surface area (Å²) >= 11 is 0. The maximum Gasteiger partial charge on any atom is 0.313 e. The molecule has 0 aromatic carbocycles. The Balaban J connectivity index is 4.91. The zero-order chi connectivity index (χ0) is 14.0. The van der Waals surface area contributed by atoms with E-state index >= 15 is 0 Å². The Hall–Kier alpha value is -2.12. The van der Waals surface area contributed by atoms with E-state index in [1.54, 1.807) is 0 Å². The molecule has 8 heteroatoms. The van der Waals surface area contributed by atoms with Crippen LogP contribution in [-0.4, -0.2) is 52.3 Å². The first-order valence-electron chi connectivity index (χ1n) is 4.88. The van der Waals surface area contributed by atoms with E-state index in [0.29, 0.717) is 0 Å². The molecule has 0 aliphatic carbocycles. The monoisotopic (exact) mass is 262 g/mol. The van der Waals surface area contributed by atoms with E-state index in [4.69, 9.17) is 0 Å². The molecule has 0 rings (SSSR count). The van der Waals surface area contributed by atoms with Gasteiger partial charge < -0.3 is 18.9 Å². The minimum Gasteiger partial charge on any atom is -0.469 e. The molecule has 0 radical (unpaired) electrons. The number of carbonyl (C=O) groups excluding carboxylic acids is 4. The van der Waals surface area contributed by atoms with Crippen molar-refractivity contribution in [2.45, 2.75) is 0 Å². The van der Waals surface area contributed by atoms with Gasteiger partial charge in [0, 0.05) is 0 Å². The first kappa shape index (κ1) is 15.9. The van der Waals surface area contributed by atoms with Gasteiger partial charge in [0.1, 0.15) is 25.0 Å². The van der Waals surface area contributed by atoms with Crippen molar-refractivity contribution in [3.8, 4) is 0 Å². The summed E-state index contributed by atoms with van der Waals surface area (Å²) in [6.45, 7) is -0.494. The number of hydrogen-bond donors (Lipinski definition) is 0. The van der Waals surface area contributed by atoms with Crippen LogP contribution in [0.4, 0.5) is 0 Å². The smallest absolute Gasteiger partial charge is 0.313 e. The molecule has 0 bridgehead atoms. The average molecular weight is 262 g/mol. The van der Waals surface area contributed by atoms with Crippen molar-refractivity contribution < 1.29 is 38.1 Å². The maximum atomic E-state index is 11.5. The highest BCUT2D eigenvalue weighted by atomic mass is 16.5. The largest absolute Gasteiger partial charge is 0.469 e. The standard InChI is InChI=1S/C10H14O8/c1-15-9(13)7(3-17-5-11)8(4-18-6-12)10(14)16-2/h5-8H,3-4H2,1-2H3/t7-,8+. The number of esters is 2. The van der Waals surface area contributed by atoms with Crippen LogP contribution in [0.15, 0.2) is 0 Å². The fourth-order valence-corrected chi connectivity index (χ4v) is 1.29. The lowest BCUT2D eigenvalue weighted by Gasteiger charge is -2.21. The van der Waals surface area contributed by atoms with Gasteiger partial charge in [-0.15, -0.1) is 0 Å². The summed E-state index contributed by atoms with van der Waals surface area (Å²) in [7, 11) is 2.23. The van der Waals surface area contributed by atoms with Gasteiger partial charge in [-0.2, -0.15) is 0 Å². The molecule has 0 aliphatic rings. The number of rotatable bonds is 9. The van der Waals surface area contributed by atoms with Gasteiger partial charge in [0.05, 0.1) is 14.2 Å². The van der Waals surface area contributed by atoms with Crippen LogP contribution in [0.25, 0.3) is 0 Å². The molecule has 0 fully saturated rings. The zero-order valence-electron chi connectivity index (χ0n) is 9.99. The van der Waals surface area contributed by atoms with Gasteiger partial charge in [-0.05, 0) is 0 Å². The summed E-state index contributed by atoms with van der Waals surface area (Å²) < 4.78 is 17.8. The van der Waals surface area contributed by atoms with Crippen molar-refractivity contribution in [2.24, 2.45) is 11.8 Å². The van der Waals surface area contributed by atoms with Crippen LogP contribution in [0.1, 0.15) is 0 Å². The Morgan fingerprint density at radius 1 is 0.889 bits per heavy atom. The van der Waals surface area contributed by atoms with Crippen molar-refractivity contribution in [3.63, 3.8) is 0 Å². The normalized spacial score (nSPS) is 12.8. The minimum atomic E-state index is -1.10. The SMILES string of the molecule is COC(=O)[C@@H](COC=O)[C@@H](COC=O)C(=O)OC. The third-order valence-electron chi connectivity index (χ3n) is 2.18. The highest BCUT2D eigenvalue weighted by molar-refractivity contribution is 5.82. The van der Waals surface area contributed by atoms with Crippen LogP contribution >= 0.6 is 0 Å². The number of ether oxygens (including phenoxy) is 4. The molecule has 0 aliphatic heterocycles. The first-order valence-corrected chi connectivity index (χ1v) is 4.88. The van der Waals surface area contributed by atoms with Crippen LogP contribution in [0.5, 0.6) is 0 Å². The van der Waals surface area contributed by atoms with Gasteiger partial charge in [0.25, 0.3) is 12.9 Å². The van der Waals surface area contributed by atoms with E-state index in [0.717, 1.165) is 14.2 Å².